The molecular formula is C45H47N3O12. The van der Waals surface area contributed by atoms with Gasteiger partial charge < -0.3 is 54.2 Å². The highest BCUT2D eigenvalue weighted by Gasteiger charge is 2.49. The predicted octanol–water partition coefficient (Wildman–Crippen LogP) is 5.22. The number of rotatable bonds is 13. The van der Waals surface area contributed by atoms with E-state index in [1.54, 1.807) is 24.5 Å². The Morgan fingerprint density at radius 1 is 0.950 bits per heavy atom. The van der Waals surface area contributed by atoms with Crippen molar-refractivity contribution in [2.75, 3.05) is 13.2 Å². The molecule has 0 amide bonds. The summed E-state index contributed by atoms with van der Waals surface area (Å²) in [4.78, 5) is 48.6. The fraction of sp³-hybridized carbons (Fsp3) is 0.356. The number of aryl methyl sites for hydroxylation is 2. The van der Waals surface area contributed by atoms with Gasteiger partial charge in [0.2, 0.25) is 12.4 Å². The molecule has 6 N–H and O–H groups in total. The van der Waals surface area contributed by atoms with Gasteiger partial charge in [-0.15, -0.1) is 0 Å². The van der Waals surface area contributed by atoms with Crippen molar-refractivity contribution in [2.24, 2.45) is 5.92 Å². The monoisotopic (exact) mass is 821 g/mol. The summed E-state index contributed by atoms with van der Waals surface area (Å²) in [6.07, 6.45) is 2.17. The van der Waals surface area contributed by atoms with Crippen LogP contribution in [0.4, 0.5) is 0 Å². The number of phenols is 1. The Balaban J connectivity index is 1.08. The first-order valence-electron chi connectivity index (χ1n) is 20.0. The molecule has 15 nitrogen and oxygen atoms in total. The zero-order valence-electron chi connectivity index (χ0n) is 33.1. The summed E-state index contributed by atoms with van der Waals surface area (Å²) in [5.41, 5.74) is 4.94. The SMILES string of the molecule is Cc1cc(C)cc(-c2c3[nH]ccc3cn2OC2C(Oc3ccc4c(=O)c(-c5ccc(O)cc5)coc4c3)OC(COC(=O)C(CNC3CCCCC3)C(=O)O)C(O)C2O)c1. The molecule has 3 aromatic carbocycles. The highest BCUT2D eigenvalue weighted by molar-refractivity contribution is 5.94. The number of aliphatic hydroxyl groups excluding tert-OH is 2. The van der Waals surface area contributed by atoms with Crippen LogP contribution in [-0.2, 0) is 19.1 Å². The molecule has 1 saturated carbocycles. The molecule has 15 heteroatoms. The van der Waals surface area contributed by atoms with Gasteiger partial charge in [-0.05, 0) is 74.7 Å². The molecule has 4 heterocycles. The fourth-order valence-electron chi connectivity index (χ4n) is 8.13. The van der Waals surface area contributed by atoms with Crippen molar-refractivity contribution in [1.82, 2.24) is 15.0 Å². The van der Waals surface area contributed by atoms with Crippen molar-refractivity contribution in [1.29, 1.82) is 0 Å². The molecule has 0 spiro atoms. The normalized spacial score (nSPS) is 21.5. The van der Waals surface area contributed by atoms with Gasteiger partial charge in [-0.25, -0.2) is 0 Å². The van der Waals surface area contributed by atoms with Gasteiger partial charge in [-0.3, -0.25) is 14.4 Å². The first kappa shape index (κ1) is 40.6. The van der Waals surface area contributed by atoms with Crippen LogP contribution in [0, 0.1) is 19.8 Å². The van der Waals surface area contributed by atoms with E-state index >= 15 is 0 Å². The van der Waals surface area contributed by atoms with Crippen LogP contribution in [0.2, 0.25) is 0 Å². The van der Waals surface area contributed by atoms with E-state index < -0.39 is 55.2 Å². The number of aromatic hydroxyl groups is 1. The number of carboxylic acids is 1. The number of phenolic OH excluding ortho intramolecular Hbond substituents is 1. The number of nitrogens with one attached hydrogen (secondary N) is 2. The number of aliphatic hydroxyl groups is 2. The van der Waals surface area contributed by atoms with Gasteiger partial charge in [-0.1, -0.05) is 48.6 Å². The topological polar surface area (TPSA) is 215 Å². The number of carbonyl (C=O) groups excluding carboxylic acids is 1. The minimum atomic E-state index is -1.69. The fourth-order valence-corrected chi connectivity index (χ4v) is 8.13. The maximum absolute atomic E-state index is 13.5. The summed E-state index contributed by atoms with van der Waals surface area (Å²) in [6.45, 7) is 3.23. The molecule has 314 valence electrons. The minimum Gasteiger partial charge on any atom is -0.508 e. The standard InChI is InChI=1S/C45H47N3O12/c1-24-16-25(2)18-28(17-24)38-37-27(14-15-46-37)21-48(38)60-42-41(52)40(51)36(23-57-44(55)33(43(53)54)20-47-29-6-4-3-5-7-29)59-45(42)58-31-12-13-32-35(19-31)56-22-34(39(32)50)26-8-10-30(49)11-9-26/h8-19,21-22,29,33,36,40-42,45-47,49,51-52H,3-7,20,23H2,1-2H3,(H,53,54). The second-order valence-electron chi connectivity index (χ2n) is 15.6. The molecule has 2 aliphatic rings. The molecule has 1 aliphatic carbocycles. The maximum Gasteiger partial charge on any atom is 0.321 e. The number of benzene rings is 3. The molecule has 8 rings (SSSR count). The first-order valence-corrected chi connectivity index (χ1v) is 20.0. The Bertz CT molecular complexity index is 2530. The predicted molar refractivity (Wildman–Crippen MR) is 219 cm³/mol. The van der Waals surface area contributed by atoms with Crippen molar-refractivity contribution in [2.45, 2.75) is 82.7 Å². The molecule has 6 unspecified atom stereocenters. The number of ether oxygens (including phenoxy) is 3. The number of aliphatic carboxylic acids is 1. The number of hydrogen-bond acceptors (Lipinski definition) is 12. The van der Waals surface area contributed by atoms with Crippen molar-refractivity contribution < 1.29 is 53.5 Å². The van der Waals surface area contributed by atoms with Gasteiger partial charge in [0.05, 0.1) is 22.7 Å². The van der Waals surface area contributed by atoms with Crippen molar-refractivity contribution >= 4 is 33.8 Å². The molecule has 1 saturated heterocycles. The quantitative estimate of drug-likeness (QED) is 0.0652. The van der Waals surface area contributed by atoms with Crippen LogP contribution >= 0.6 is 0 Å². The molecule has 0 radical (unpaired) electrons. The van der Waals surface area contributed by atoms with Crippen LogP contribution in [0.25, 0.3) is 44.3 Å². The summed E-state index contributed by atoms with van der Waals surface area (Å²) in [6, 6.07) is 18.7. The van der Waals surface area contributed by atoms with Crippen molar-refractivity contribution in [3.8, 4) is 33.9 Å². The van der Waals surface area contributed by atoms with Crippen LogP contribution in [0.1, 0.15) is 43.2 Å². The number of carbonyl (C=O) groups is 2. The maximum atomic E-state index is 13.5. The Kier molecular flexibility index (Phi) is 11.7. The second kappa shape index (κ2) is 17.2. The largest absolute Gasteiger partial charge is 0.508 e. The third-order valence-electron chi connectivity index (χ3n) is 11.2. The smallest absolute Gasteiger partial charge is 0.321 e. The molecule has 6 aromatic rings. The van der Waals surface area contributed by atoms with Crippen LogP contribution < -0.4 is 20.3 Å². The average Bonchev–Trinajstić information content (AvgIpc) is 3.82. The molecule has 1 aliphatic heterocycles. The van der Waals surface area contributed by atoms with Gasteiger partial charge in [0.25, 0.3) is 0 Å². The summed E-state index contributed by atoms with van der Waals surface area (Å²) in [7, 11) is 0. The summed E-state index contributed by atoms with van der Waals surface area (Å²) in [5.74, 6) is -3.69. The number of nitrogens with zero attached hydrogens (tertiary/aromatic N) is 1. The highest BCUT2D eigenvalue weighted by Crippen LogP contribution is 2.34. The number of H-pyrrole nitrogens is 1. The van der Waals surface area contributed by atoms with Gasteiger partial charge >= 0.3 is 11.9 Å². The van der Waals surface area contributed by atoms with Crippen LogP contribution in [0.3, 0.4) is 0 Å². The Morgan fingerprint density at radius 3 is 2.43 bits per heavy atom. The van der Waals surface area contributed by atoms with E-state index in [9.17, 15) is 34.8 Å². The number of fused-ring (bicyclic) bond motifs is 2. The molecule has 6 atom stereocenters. The molecule has 2 fully saturated rings. The summed E-state index contributed by atoms with van der Waals surface area (Å²) in [5, 5.41) is 47.1. The minimum absolute atomic E-state index is 0.0541. The number of esters is 1. The Labute approximate surface area is 344 Å². The summed E-state index contributed by atoms with van der Waals surface area (Å²) >= 11 is 0. The van der Waals surface area contributed by atoms with Crippen LogP contribution in [0.15, 0.2) is 94.6 Å². The molecule has 3 aromatic heterocycles. The van der Waals surface area contributed by atoms with Crippen LogP contribution in [-0.4, -0.2) is 92.0 Å². The lowest BCUT2D eigenvalue weighted by molar-refractivity contribution is -0.288. The van der Waals surface area contributed by atoms with E-state index in [1.165, 1.54) is 41.3 Å². The van der Waals surface area contributed by atoms with Crippen molar-refractivity contribution in [3.63, 3.8) is 0 Å². The van der Waals surface area contributed by atoms with E-state index in [1.807, 2.05) is 38.1 Å². The third kappa shape index (κ3) is 8.47. The average molecular weight is 822 g/mol. The zero-order chi connectivity index (χ0) is 42.1. The highest BCUT2D eigenvalue weighted by atomic mass is 16.8. The third-order valence-corrected chi connectivity index (χ3v) is 11.2. The summed E-state index contributed by atoms with van der Waals surface area (Å²) < 4.78 is 25.4. The van der Waals surface area contributed by atoms with Gasteiger partial charge in [0.1, 0.15) is 54.0 Å². The van der Waals surface area contributed by atoms with E-state index in [2.05, 4.69) is 10.3 Å². The first-order chi connectivity index (χ1) is 28.9. The Hall–Kier alpha value is -6.13. The van der Waals surface area contributed by atoms with E-state index in [0.29, 0.717) is 11.3 Å². The van der Waals surface area contributed by atoms with E-state index in [0.717, 1.165) is 59.7 Å². The molecule has 0 bridgehead atoms. The van der Waals surface area contributed by atoms with Gasteiger partial charge in [-0.2, -0.15) is 4.73 Å². The zero-order valence-corrected chi connectivity index (χ0v) is 33.1. The van der Waals surface area contributed by atoms with Gasteiger partial charge in [0, 0.05) is 35.8 Å². The lowest BCUT2D eigenvalue weighted by Gasteiger charge is -2.41. The number of hydrogen-bond donors (Lipinski definition) is 6. The number of carboxylic acid groups (broad SMARTS) is 1. The lowest BCUT2D eigenvalue weighted by Crippen LogP contribution is -2.63. The van der Waals surface area contributed by atoms with E-state index in [4.69, 9.17) is 23.5 Å². The Morgan fingerprint density at radius 2 is 1.70 bits per heavy atom. The van der Waals surface area contributed by atoms with Gasteiger partial charge in [0.15, 0.2) is 11.3 Å². The molecular weight excluding hydrogens is 775 g/mol. The van der Waals surface area contributed by atoms with E-state index in [-0.39, 0.29) is 46.0 Å². The second-order valence-corrected chi connectivity index (χ2v) is 15.6. The van der Waals surface area contributed by atoms with Crippen LogP contribution in [0.5, 0.6) is 11.5 Å². The number of aromatic nitrogens is 2. The molecule has 60 heavy (non-hydrogen) atoms. The lowest BCUT2D eigenvalue weighted by atomic mass is 9.95. The number of aromatic amines is 1. The van der Waals surface area contributed by atoms with Crippen molar-refractivity contribution in [3.05, 3.63) is 107 Å².